The van der Waals surface area contributed by atoms with Gasteiger partial charge in [0.15, 0.2) is 0 Å². The maximum atomic E-state index is 13.5. The van der Waals surface area contributed by atoms with Crippen molar-refractivity contribution < 1.29 is 9.18 Å². The van der Waals surface area contributed by atoms with Crippen molar-refractivity contribution in [3.63, 3.8) is 0 Å². The van der Waals surface area contributed by atoms with Gasteiger partial charge in [0.2, 0.25) is 0 Å². The first-order valence-electron chi connectivity index (χ1n) is 6.42. The number of hydrogen-bond donors (Lipinski definition) is 0. The van der Waals surface area contributed by atoms with Gasteiger partial charge in [-0.25, -0.2) is 4.39 Å². The molecule has 1 saturated heterocycles. The van der Waals surface area contributed by atoms with E-state index < -0.39 is 0 Å². The van der Waals surface area contributed by atoms with Gasteiger partial charge < -0.3 is 4.90 Å². The predicted molar refractivity (Wildman–Crippen MR) is 81.1 cm³/mol. The van der Waals surface area contributed by atoms with E-state index in [9.17, 15) is 9.18 Å². The average molecular weight is 393 g/mol. The second-order valence-electron chi connectivity index (χ2n) is 4.87. The molecule has 0 aliphatic carbocycles. The second kappa shape index (κ2) is 6.84. The molecule has 1 unspecified atom stereocenters. The number of hydrogen-bond acceptors (Lipinski definition) is 1. The smallest absolute Gasteiger partial charge is 0.253 e. The highest BCUT2D eigenvalue weighted by molar-refractivity contribution is 9.10. The summed E-state index contributed by atoms with van der Waals surface area (Å²) in [4.78, 5) is 14.2. The van der Waals surface area contributed by atoms with Crippen LogP contribution >= 0.6 is 31.9 Å². The largest absolute Gasteiger partial charge is 0.338 e. The summed E-state index contributed by atoms with van der Waals surface area (Å²) in [5.74, 6) is 0.0999. The van der Waals surface area contributed by atoms with Gasteiger partial charge in [0.1, 0.15) is 5.82 Å². The molecule has 1 heterocycles. The van der Waals surface area contributed by atoms with E-state index in [0.29, 0.717) is 16.0 Å². The van der Waals surface area contributed by atoms with Crippen molar-refractivity contribution in [2.75, 3.05) is 18.4 Å². The van der Waals surface area contributed by atoms with Crippen molar-refractivity contribution in [2.45, 2.75) is 19.3 Å². The van der Waals surface area contributed by atoms with Crippen LogP contribution in [-0.4, -0.2) is 29.2 Å². The highest BCUT2D eigenvalue weighted by Gasteiger charge is 2.24. The Morgan fingerprint density at radius 1 is 1.47 bits per heavy atom. The molecule has 1 atom stereocenters. The summed E-state index contributed by atoms with van der Waals surface area (Å²) in [5.41, 5.74) is 0.431. The lowest BCUT2D eigenvalue weighted by Gasteiger charge is -2.32. The van der Waals surface area contributed by atoms with E-state index in [1.54, 1.807) is 12.1 Å². The Morgan fingerprint density at radius 2 is 2.26 bits per heavy atom. The molecule has 19 heavy (non-hydrogen) atoms. The number of benzene rings is 1. The number of nitrogens with zero attached hydrogens (tertiary/aromatic N) is 1. The highest BCUT2D eigenvalue weighted by Crippen LogP contribution is 2.23. The lowest BCUT2D eigenvalue weighted by atomic mass is 9.95. The molecule has 0 aromatic heterocycles. The number of alkyl halides is 1. The number of rotatable bonds is 3. The van der Waals surface area contributed by atoms with Crippen LogP contribution in [0.4, 0.5) is 4.39 Å². The monoisotopic (exact) mass is 391 g/mol. The van der Waals surface area contributed by atoms with Crippen LogP contribution in [0.15, 0.2) is 22.7 Å². The van der Waals surface area contributed by atoms with Crippen LogP contribution in [-0.2, 0) is 0 Å². The Balaban J connectivity index is 2.08. The third-order valence-corrected chi connectivity index (χ3v) is 4.59. The topological polar surface area (TPSA) is 20.3 Å². The quantitative estimate of drug-likeness (QED) is 0.705. The number of amides is 1. The summed E-state index contributed by atoms with van der Waals surface area (Å²) in [6.07, 6.45) is 3.28. The summed E-state index contributed by atoms with van der Waals surface area (Å²) >= 11 is 6.55. The molecule has 1 aromatic rings. The third-order valence-electron chi connectivity index (χ3n) is 3.49. The molecule has 104 valence electrons. The molecule has 0 bridgehead atoms. The Bertz CT molecular complexity index is 465. The summed E-state index contributed by atoms with van der Waals surface area (Å²) in [5, 5.41) is 0.965. The summed E-state index contributed by atoms with van der Waals surface area (Å²) in [6.45, 7) is 1.55. The van der Waals surface area contributed by atoms with Crippen LogP contribution in [0.3, 0.4) is 0 Å². The van der Waals surface area contributed by atoms with Crippen LogP contribution in [0.25, 0.3) is 0 Å². The molecular formula is C14H16Br2FNO. The average Bonchev–Trinajstić information content (AvgIpc) is 2.42. The third kappa shape index (κ3) is 3.78. The van der Waals surface area contributed by atoms with E-state index in [2.05, 4.69) is 31.9 Å². The van der Waals surface area contributed by atoms with E-state index in [1.165, 1.54) is 12.5 Å². The Kier molecular flexibility index (Phi) is 5.39. The minimum atomic E-state index is -0.389. The summed E-state index contributed by atoms with van der Waals surface area (Å²) in [6, 6.07) is 4.56. The molecule has 5 heteroatoms. The Labute approximate surface area is 129 Å². The van der Waals surface area contributed by atoms with Gasteiger partial charge in [-0.2, -0.15) is 0 Å². The Morgan fingerprint density at radius 3 is 2.95 bits per heavy atom. The minimum Gasteiger partial charge on any atom is -0.338 e. The molecule has 1 aromatic carbocycles. The molecule has 2 nitrogen and oxygen atoms in total. The SMILES string of the molecule is O=C(c1ccc(Br)c(F)c1)N1CCCC(CCBr)C1. The second-order valence-corrected chi connectivity index (χ2v) is 6.51. The molecule has 1 amide bonds. The zero-order valence-corrected chi connectivity index (χ0v) is 13.7. The number of carbonyl (C=O) groups excluding carboxylic acids is 1. The fraction of sp³-hybridized carbons (Fsp3) is 0.500. The van der Waals surface area contributed by atoms with Crippen molar-refractivity contribution >= 4 is 37.8 Å². The van der Waals surface area contributed by atoms with Crippen LogP contribution in [0, 0.1) is 11.7 Å². The maximum absolute atomic E-state index is 13.5. The first-order valence-corrected chi connectivity index (χ1v) is 8.33. The number of carbonyl (C=O) groups is 1. The molecule has 0 spiro atoms. The van der Waals surface area contributed by atoms with E-state index >= 15 is 0 Å². The predicted octanol–water partition coefficient (Wildman–Crippen LogP) is 4.23. The molecule has 1 aliphatic rings. The van der Waals surface area contributed by atoms with Crippen LogP contribution in [0.5, 0.6) is 0 Å². The van der Waals surface area contributed by atoms with Crippen molar-refractivity contribution in [1.29, 1.82) is 0 Å². The van der Waals surface area contributed by atoms with E-state index in [-0.39, 0.29) is 11.7 Å². The number of likely N-dealkylation sites (tertiary alicyclic amines) is 1. The molecule has 0 saturated carbocycles. The Hall–Kier alpha value is -0.420. The molecule has 2 rings (SSSR count). The van der Waals surface area contributed by atoms with Crippen LogP contribution in [0.2, 0.25) is 0 Å². The van der Waals surface area contributed by atoms with E-state index in [0.717, 1.165) is 31.3 Å². The van der Waals surface area contributed by atoms with Crippen molar-refractivity contribution in [3.05, 3.63) is 34.1 Å². The standard InChI is InChI=1S/C14H16Br2FNO/c15-6-5-10-2-1-7-18(9-10)14(19)11-3-4-12(16)13(17)8-11/h3-4,8,10H,1-2,5-7,9H2. The van der Waals surface area contributed by atoms with Gasteiger partial charge in [0.05, 0.1) is 4.47 Å². The van der Waals surface area contributed by atoms with Crippen LogP contribution < -0.4 is 0 Å². The summed E-state index contributed by atoms with van der Waals surface area (Å²) in [7, 11) is 0. The maximum Gasteiger partial charge on any atom is 0.253 e. The van der Waals surface area contributed by atoms with E-state index in [4.69, 9.17) is 0 Å². The summed E-state index contributed by atoms with van der Waals surface area (Å²) < 4.78 is 13.9. The van der Waals surface area contributed by atoms with Crippen molar-refractivity contribution in [2.24, 2.45) is 5.92 Å². The van der Waals surface area contributed by atoms with Crippen molar-refractivity contribution in [3.8, 4) is 0 Å². The molecule has 0 N–H and O–H groups in total. The van der Waals surface area contributed by atoms with Gasteiger partial charge in [-0.1, -0.05) is 15.9 Å². The van der Waals surface area contributed by atoms with Gasteiger partial charge in [0, 0.05) is 24.0 Å². The highest BCUT2D eigenvalue weighted by atomic mass is 79.9. The first kappa shape index (κ1) is 15.0. The van der Waals surface area contributed by atoms with Gasteiger partial charge in [0.25, 0.3) is 5.91 Å². The molecular weight excluding hydrogens is 377 g/mol. The van der Waals surface area contributed by atoms with Gasteiger partial charge in [-0.05, 0) is 59.3 Å². The van der Waals surface area contributed by atoms with Gasteiger partial charge in [-0.3, -0.25) is 4.79 Å². The van der Waals surface area contributed by atoms with Crippen molar-refractivity contribution in [1.82, 2.24) is 4.90 Å². The molecule has 0 radical (unpaired) electrons. The zero-order valence-electron chi connectivity index (χ0n) is 10.5. The minimum absolute atomic E-state index is 0.0642. The fourth-order valence-electron chi connectivity index (χ4n) is 2.45. The normalized spacial score (nSPS) is 19.5. The molecule has 1 fully saturated rings. The van der Waals surface area contributed by atoms with Gasteiger partial charge >= 0.3 is 0 Å². The fourth-order valence-corrected chi connectivity index (χ4v) is 3.35. The van der Waals surface area contributed by atoms with E-state index in [1.807, 2.05) is 4.90 Å². The number of piperidine rings is 1. The van der Waals surface area contributed by atoms with Crippen LogP contribution in [0.1, 0.15) is 29.6 Å². The zero-order chi connectivity index (χ0) is 13.8. The number of halogens is 3. The lowest BCUT2D eigenvalue weighted by molar-refractivity contribution is 0.0671. The lowest BCUT2D eigenvalue weighted by Crippen LogP contribution is -2.40. The molecule has 1 aliphatic heterocycles. The first-order chi connectivity index (χ1) is 9.11. The van der Waals surface area contributed by atoms with Gasteiger partial charge in [-0.15, -0.1) is 0 Å².